The number of benzene rings is 3. The van der Waals surface area contributed by atoms with Gasteiger partial charge in [0, 0.05) is 16.8 Å². The first kappa shape index (κ1) is 23.4. The van der Waals surface area contributed by atoms with Crippen LogP contribution in [0.4, 0.5) is 5.69 Å². The SMILES string of the molecule is CC[C@H](C)Oc1ccc(C(=O)NC(=S)Nc2ccc3oc(-c4ccc(C)c(C)c4)nc3c2)cc1. The second kappa shape index (κ2) is 10.1. The monoisotopic (exact) mass is 473 g/mol. The van der Waals surface area contributed by atoms with E-state index in [1.54, 1.807) is 24.3 Å². The summed E-state index contributed by atoms with van der Waals surface area (Å²) in [7, 11) is 0. The lowest BCUT2D eigenvalue weighted by Gasteiger charge is -2.13. The molecule has 4 aromatic rings. The van der Waals surface area contributed by atoms with E-state index in [1.807, 2.05) is 31.2 Å². The number of amides is 1. The van der Waals surface area contributed by atoms with Gasteiger partial charge in [-0.15, -0.1) is 0 Å². The fourth-order valence-electron chi connectivity index (χ4n) is 3.34. The highest BCUT2D eigenvalue weighted by atomic mass is 32.1. The van der Waals surface area contributed by atoms with Gasteiger partial charge >= 0.3 is 0 Å². The predicted octanol–water partition coefficient (Wildman–Crippen LogP) is 6.42. The van der Waals surface area contributed by atoms with E-state index in [4.69, 9.17) is 21.4 Å². The van der Waals surface area contributed by atoms with Gasteiger partial charge in [-0.2, -0.15) is 0 Å². The van der Waals surface area contributed by atoms with Crippen LogP contribution in [0.25, 0.3) is 22.6 Å². The first-order valence-electron chi connectivity index (χ1n) is 11.2. The number of carbonyl (C=O) groups is 1. The molecule has 0 spiro atoms. The van der Waals surface area contributed by atoms with E-state index in [-0.39, 0.29) is 17.1 Å². The Morgan fingerprint density at radius 2 is 1.82 bits per heavy atom. The second-order valence-electron chi connectivity index (χ2n) is 8.27. The third-order valence-corrected chi connectivity index (χ3v) is 5.86. The van der Waals surface area contributed by atoms with Gasteiger partial charge in [-0.25, -0.2) is 4.98 Å². The summed E-state index contributed by atoms with van der Waals surface area (Å²) in [4.78, 5) is 17.2. The Hall–Kier alpha value is -3.71. The summed E-state index contributed by atoms with van der Waals surface area (Å²) in [6, 6.07) is 18.6. The van der Waals surface area contributed by atoms with Gasteiger partial charge in [0.15, 0.2) is 10.7 Å². The molecule has 0 unspecified atom stereocenters. The van der Waals surface area contributed by atoms with Gasteiger partial charge in [-0.05, 0) is 105 Å². The van der Waals surface area contributed by atoms with Crippen LogP contribution in [0.1, 0.15) is 41.8 Å². The molecule has 0 bridgehead atoms. The maximum Gasteiger partial charge on any atom is 0.257 e. The van der Waals surface area contributed by atoms with Gasteiger partial charge in [0.1, 0.15) is 11.3 Å². The Morgan fingerprint density at radius 3 is 2.53 bits per heavy atom. The number of oxazole rings is 1. The van der Waals surface area contributed by atoms with E-state index in [1.165, 1.54) is 11.1 Å². The summed E-state index contributed by atoms with van der Waals surface area (Å²) < 4.78 is 11.7. The smallest absolute Gasteiger partial charge is 0.257 e. The molecule has 174 valence electrons. The number of nitrogens with zero attached hydrogens (tertiary/aromatic N) is 1. The number of hydrogen-bond donors (Lipinski definition) is 2. The van der Waals surface area contributed by atoms with Crippen molar-refractivity contribution in [1.82, 2.24) is 10.3 Å². The third kappa shape index (κ3) is 5.43. The molecule has 4 rings (SSSR count). The zero-order chi connectivity index (χ0) is 24.2. The van der Waals surface area contributed by atoms with Gasteiger partial charge in [-0.3, -0.25) is 10.1 Å². The zero-order valence-corrected chi connectivity index (χ0v) is 20.5. The van der Waals surface area contributed by atoms with Crippen molar-refractivity contribution in [3.63, 3.8) is 0 Å². The number of rotatable bonds is 6. The number of thiocarbonyl (C=S) groups is 1. The molecule has 0 aliphatic rings. The van der Waals surface area contributed by atoms with Crippen LogP contribution in [0.15, 0.2) is 65.1 Å². The van der Waals surface area contributed by atoms with Crippen molar-refractivity contribution in [2.75, 3.05) is 5.32 Å². The Morgan fingerprint density at radius 1 is 1.06 bits per heavy atom. The largest absolute Gasteiger partial charge is 0.491 e. The fourth-order valence-corrected chi connectivity index (χ4v) is 3.55. The van der Waals surface area contributed by atoms with E-state index in [2.05, 4.69) is 48.5 Å². The van der Waals surface area contributed by atoms with E-state index in [9.17, 15) is 4.79 Å². The molecule has 3 aromatic carbocycles. The van der Waals surface area contributed by atoms with Crippen LogP contribution in [0, 0.1) is 13.8 Å². The van der Waals surface area contributed by atoms with Gasteiger partial charge in [0.25, 0.3) is 5.91 Å². The summed E-state index contributed by atoms with van der Waals surface area (Å²) in [5, 5.41) is 5.94. The topological polar surface area (TPSA) is 76.4 Å². The molecular weight excluding hydrogens is 446 g/mol. The van der Waals surface area contributed by atoms with Crippen LogP contribution in [0.2, 0.25) is 0 Å². The van der Waals surface area contributed by atoms with Gasteiger partial charge in [0.05, 0.1) is 6.10 Å². The number of anilines is 1. The van der Waals surface area contributed by atoms with Crippen LogP contribution in [0.3, 0.4) is 0 Å². The van der Waals surface area contributed by atoms with Gasteiger partial charge in [0.2, 0.25) is 5.89 Å². The van der Waals surface area contributed by atoms with Crippen LogP contribution < -0.4 is 15.4 Å². The molecule has 1 heterocycles. The number of carbonyl (C=O) groups excluding carboxylic acids is 1. The summed E-state index contributed by atoms with van der Waals surface area (Å²) in [5.74, 6) is 0.992. The Bertz CT molecular complexity index is 1350. The van der Waals surface area contributed by atoms with E-state index in [0.717, 1.165) is 17.7 Å². The number of aromatic nitrogens is 1. The van der Waals surface area contributed by atoms with Crippen LogP contribution in [-0.4, -0.2) is 22.1 Å². The number of nitrogens with one attached hydrogen (secondary N) is 2. The first-order valence-corrected chi connectivity index (χ1v) is 11.6. The highest BCUT2D eigenvalue weighted by Crippen LogP contribution is 2.27. The average molecular weight is 474 g/mol. The minimum absolute atomic E-state index is 0.121. The number of fused-ring (bicyclic) bond motifs is 1. The highest BCUT2D eigenvalue weighted by molar-refractivity contribution is 7.80. The Kier molecular flexibility index (Phi) is 6.93. The molecule has 1 atom stereocenters. The van der Waals surface area contributed by atoms with Crippen molar-refractivity contribution in [2.24, 2.45) is 0 Å². The standard InChI is InChI=1S/C27H27N3O3S/c1-5-18(4)32-22-11-8-19(9-12-22)25(31)30-27(34)28-21-10-13-24-23(15-21)29-26(33-24)20-7-6-16(2)17(3)14-20/h6-15,18H,5H2,1-4H3,(H2,28,30,31,34)/t18-/m0/s1. The zero-order valence-electron chi connectivity index (χ0n) is 19.6. The molecule has 0 saturated heterocycles. The Labute approximate surface area is 204 Å². The molecule has 34 heavy (non-hydrogen) atoms. The van der Waals surface area contributed by atoms with Crippen LogP contribution >= 0.6 is 12.2 Å². The van der Waals surface area contributed by atoms with Gasteiger partial charge in [-0.1, -0.05) is 13.0 Å². The molecule has 6 nitrogen and oxygen atoms in total. The summed E-state index contributed by atoms with van der Waals surface area (Å²) >= 11 is 5.33. The van der Waals surface area contributed by atoms with Crippen LogP contribution in [-0.2, 0) is 0 Å². The molecule has 1 amide bonds. The lowest BCUT2D eigenvalue weighted by molar-refractivity contribution is 0.0977. The van der Waals surface area contributed by atoms with E-state index < -0.39 is 0 Å². The quantitative estimate of drug-likeness (QED) is 0.315. The predicted molar refractivity (Wildman–Crippen MR) is 139 cm³/mol. The maximum atomic E-state index is 12.6. The van der Waals surface area contributed by atoms with Crippen molar-refractivity contribution in [3.8, 4) is 17.2 Å². The molecule has 0 radical (unpaired) electrons. The molecule has 0 aliphatic carbocycles. The fraction of sp³-hybridized carbons (Fsp3) is 0.222. The van der Waals surface area contributed by atoms with Crippen molar-refractivity contribution in [3.05, 3.63) is 77.4 Å². The Balaban J connectivity index is 1.41. The average Bonchev–Trinajstić information content (AvgIpc) is 3.24. The van der Waals surface area contributed by atoms with Crippen molar-refractivity contribution >= 4 is 40.0 Å². The lowest BCUT2D eigenvalue weighted by atomic mass is 10.1. The van der Waals surface area contributed by atoms with Crippen LogP contribution in [0.5, 0.6) is 5.75 Å². The maximum absolute atomic E-state index is 12.6. The van der Waals surface area contributed by atoms with Gasteiger partial charge < -0.3 is 14.5 Å². The van der Waals surface area contributed by atoms with Crippen molar-refractivity contribution in [2.45, 2.75) is 40.2 Å². The summed E-state index contributed by atoms with van der Waals surface area (Å²) in [5.41, 5.74) is 5.90. The number of aryl methyl sites for hydroxylation is 2. The third-order valence-electron chi connectivity index (χ3n) is 5.66. The molecule has 0 saturated carbocycles. The molecule has 0 aliphatic heterocycles. The number of hydrogen-bond acceptors (Lipinski definition) is 5. The molecule has 7 heteroatoms. The molecule has 0 fully saturated rings. The van der Waals surface area contributed by atoms with Crippen molar-refractivity contribution in [1.29, 1.82) is 0 Å². The minimum atomic E-state index is -0.299. The highest BCUT2D eigenvalue weighted by Gasteiger charge is 2.12. The summed E-state index contributed by atoms with van der Waals surface area (Å²) in [6.07, 6.45) is 1.03. The molecule has 2 N–H and O–H groups in total. The lowest BCUT2D eigenvalue weighted by Crippen LogP contribution is -2.34. The second-order valence-corrected chi connectivity index (χ2v) is 8.68. The van der Waals surface area contributed by atoms with E-state index in [0.29, 0.717) is 28.2 Å². The number of ether oxygens (including phenoxy) is 1. The molecule has 1 aromatic heterocycles. The summed E-state index contributed by atoms with van der Waals surface area (Å²) in [6.45, 7) is 8.20. The molecular formula is C27H27N3O3S. The first-order chi connectivity index (χ1) is 16.3. The normalized spacial score (nSPS) is 11.8. The minimum Gasteiger partial charge on any atom is -0.491 e. The van der Waals surface area contributed by atoms with Crippen molar-refractivity contribution < 1.29 is 13.9 Å². The van der Waals surface area contributed by atoms with E-state index >= 15 is 0 Å².